The molecule has 10 nitrogen and oxygen atoms in total. The summed E-state index contributed by atoms with van der Waals surface area (Å²) in [5.74, 6) is -0.145. The number of nitrogens with zero attached hydrogens (tertiary/aromatic N) is 1. The number of hydrogen-bond donors (Lipinski definition) is 2. The highest BCUT2D eigenvalue weighted by atomic mass is 32.2. The van der Waals surface area contributed by atoms with Crippen molar-refractivity contribution in [2.45, 2.75) is 4.90 Å². The second-order valence-electron chi connectivity index (χ2n) is 8.95. The van der Waals surface area contributed by atoms with Crippen LogP contribution >= 0.6 is 11.8 Å². The van der Waals surface area contributed by atoms with Gasteiger partial charge in [-0.05, 0) is 66.7 Å². The molecule has 0 aliphatic heterocycles. The third kappa shape index (κ3) is 8.08. The molecule has 218 valence electrons. The van der Waals surface area contributed by atoms with Gasteiger partial charge in [-0.25, -0.2) is 0 Å². The number of ether oxygens (including phenoxy) is 2. The number of nitro groups is 1. The van der Waals surface area contributed by atoms with Crippen LogP contribution in [-0.2, 0) is 4.79 Å². The standard InChI is InChI=1S/C32H27N3O7S/c1-41-29-17-12-23(19-30(29)42-2)28(36)20-43-25-15-13-24(14-16-25)33-32(38)26(34-31(37)21-8-4-3-5-9-21)18-22-10-6-7-11-27(22)35(39)40/h3-19H,20H2,1-2H3,(H,33,38)(H,34,37)/b26-18-. The Bertz CT molecular complexity index is 1670. The second kappa shape index (κ2) is 14.5. The summed E-state index contributed by atoms with van der Waals surface area (Å²) in [6.45, 7) is 0. The topological polar surface area (TPSA) is 137 Å². The number of benzene rings is 4. The van der Waals surface area contributed by atoms with E-state index in [1.165, 1.54) is 50.3 Å². The number of para-hydroxylation sites is 1. The molecule has 4 rings (SSSR count). The van der Waals surface area contributed by atoms with Crippen LogP contribution in [0.15, 0.2) is 108 Å². The van der Waals surface area contributed by atoms with Gasteiger partial charge in [-0.15, -0.1) is 11.8 Å². The Morgan fingerprint density at radius 1 is 0.837 bits per heavy atom. The summed E-state index contributed by atoms with van der Waals surface area (Å²) in [6.07, 6.45) is 1.26. The molecule has 0 saturated carbocycles. The van der Waals surface area contributed by atoms with E-state index >= 15 is 0 Å². The van der Waals surface area contributed by atoms with Crippen molar-refractivity contribution >= 4 is 46.8 Å². The molecular weight excluding hydrogens is 570 g/mol. The fourth-order valence-corrected chi connectivity index (χ4v) is 4.74. The minimum atomic E-state index is -0.675. The Balaban J connectivity index is 1.47. The van der Waals surface area contributed by atoms with Crippen LogP contribution in [0, 0.1) is 10.1 Å². The Morgan fingerprint density at radius 3 is 2.19 bits per heavy atom. The Morgan fingerprint density at radius 2 is 1.51 bits per heavy atom. The maximum atomic E-state index is 13.3. The molecule has 2 N–H and O–H groups in total. The van der Waals surface area contributed by atoms with E-state index in [0.29, 0.717) is 28.3 Å². The monoisotopic (exact) mass is 597 g/mol. The normalized spacial score (nSPS) is 10.9. The first-order valence-corrected chi connectivity index (χ1v) is 13.9. The van der Waals surface area contributed by atoms with E-state index in [-0.39, 0.29) is 28.5 Å². The van der Waals surface area contributed by atoms with E-state index in [2.05, 4.69) is 10.6 Å². The largest absolute Gasteiger partial charge is 0.493 e. The van der Waals surface area contributed by atoms with Gasteiger partial charge in [-0.2, -0.15) is 0 Å². The smallest absolute Gasteiger partial charge is 0.276 e. The number of hydrogen-bond acceptors (Lipinski definition) is 8. The highest BCUT2D eigenvalue weighted by Crippen LogP contribution is 2.29. The van der Waals surface area contributed by atoms with Gasteiger partial charge in [0.05, 0.1) is 30.5 Å². The molecule has 0 radical (unpaired) electrons. The van der Waals surface area contributed by atoms with Crippen molar-refractivity contribution in [1.29, 1.82) is 0 Å². The fourth-order valence-electron chi connectivity index (χ4n) is 3.95. The van der Waals surface area contributed by atoms with Crippen molar-refractivity contribution in [3.63, 3.8) is 0 Å². The lowest BCUT2D eigenvalue weighted by atomic mass is 10.1. The predicted molar refractivity (Wildman–Crippen MR) is 165 cm³/mol. The maximum absolute atomic E-state index is 13.3. The van der Waals surface area contributed by atoms with Gasteiger partial charge in [0.25, 0.3) is 17.5 Å². The van der Waals surface area contributed by atoms with Gasteiger partial charge in [-0.3, -0.25) is 24.5 Å². The number of carbonyl (C=O) groups excluding carboxylic acids is 3. The van der Waals surface area contributed by atoms with Gasteiger partial charge in [0.1, 0.15) is 5.70 Å². The molecule has 0 spiro atoms. The van der Waals surface area contributed by atoms with Crippen molar-refractivity contribution < 1.29 is 28.8 Å². The van der Waals surface area contributed by atoms with E-state index in [9.17, 15) is 24.5 Å². The first kappa shape index (κ1) is 30.5. The summed E-state index contributed by atoms with van der Waals surface area (Å²) in [5.41, 5.74) is 0.977. The van der Waals surface area contributed by atoms with Crippen LogP contribution in [0.4, 0.5) is 11.4 Å². The molecule has 11 heteroatoms. The van der Waals surface area contributed by atoms with Crippen LogP contribution < -0.4 is 20.1 Å². The van der Waals surface area contributed by atoms with Crippen molar-refractivity contribution in [1.82, 2.24) is 5.32 Å². The molecule has 0 aliphatic carbocycles. The van der Waals surface area contributed by atoms with Crippen LogP contribution in [0.25, 0.3) is 6.08 Å². The molecule has 2 amide bonds. The second-order valence-corrected chi connectivity index (χ2v) is 10.0. The zero-order valence-electron chi connectivity index (χ0n) is 23.2. The van der Waals surface area contributed by atoms with Gasteiger partial charge < -0.3 is 20.1 Å². The van der Waals surface area contributed by atoms with Crippen molar-refractivity contribution in [2.24, 2.45) is 0 Å². The fraction of sp³-hybridized carbons (Fsp3) is 0.0938. The van der Waals surface area contributed by atoms with E-state index in [0.717, 1.165) is 4.90 Å². The van der Waals surface area contributed by atoms with Gasteiger partial charge >= 0.3 is 0 Å². The maximum Gasteiger partial charge on any atom is 0.276 e. The minimum Gasteiger partial charge on any atom is -0.493 e. The summed E-state index contributed by atoms with van der Waals surface area (Å²) in [4.78, 5) is 50.6. The van der Waals surface area contributed by atoms with Crippen LogP contribution in [0.1, 0.15) is 26.3 Å². The molecule has 0 aliphatic rings. The SMILES string of the molecule is COc1ccc(C(=O)CSc2ccc(NC(=O)/C(=C/c3ccccc3[N+](=O)[O-])NC(=O)c3ccccc3)cc2)cc1OC. The zero-order valence-corrected chi connectivity index (χ0v) is 24.1. The zero-order chi connectivity index (χ0) is 30.8. The highest BCUT2D eigenvalue weighted by Gasteiger charge is 2.18. The molecule has 0 aromatic heterocycles. The van der Waals surface area contributed by atoms with Crippen LogP contribution in [0.2, 0.25) is 0 Å². The third-order valence-corrected chi connectivity index (χ3v) is 7.16. The Kier molecular flexibility index (Phi) is 10.3. The first-order chi connectivity index (χ1) is 20.8. The van der Waals surface area contributed by atoms with Crippen LogP contribution in [0.3, 0.4) is 0 Å². The summed E-state index contributed by atoms with van der Waals surface area (Å²) in [5, 5.41) is 16.8. The molecule has 4 aromatic rings. The molecule has 0 bridgehead atoms. The molecule has 0 heterocycles. The molecule has 43 heavy (non-hydrogen) atoms. The molecule has 4 aromatic carbocycles. The average Bonchev–Trinajstić information content (AvgIpc) is 3.04. The molecule has 0 unspecified atom stereocenters. The summed E-state index contributed by atoms with van der Waals surface area (Å²) in [6, 6.07) is 26.0. The van der Waals surface area contributed by atoms with E-state index < -0.39 is 16.7 Å². The number of Topliss-reactive ketones (excluding diaryl/α,β-unsaturated/α-hetero) is 1. The average molecular weight is 598 g/mol. The van der Waals surface area contributed by atoms with Crippen molar-refractivity contribution in [3.8, 4) is 11.5 Å². The molecule has 0 saturated heterocycles. The lowest BCUT2D eigenvalue weighted by Crippen LogP contribution is -2.30. The van der Waals surface area contributed by atoms with E-state index in [1.54, 1.807) is 78.9 Å². The van der Waals surface area contributed by atoms with Crippen molar-refractivity contribution in [3.05, 3.63) is 130 Å². The Hall–Kier alpha value is -5.42. The van der Waals surface area contributed by atoms with Crippen LogP contribution in [-0.4, -0.2) is 42.5 Å². The number of carbonyl (C=O) groups is 3. The number of nitrogens with one attached hydrogen (secondary N) is 2. The van der Waals surface area contributed by atoms with E-state index in [4.69, 9.17) is 9.47 Å². The lowest BCUT2D eigenvalue weighted by Gasteiger charge is -2.12. The Labute approximate surface area is 251 Å². The summed E-state index contributed by atoms with van der Waals surface area (Å²) >= 11 is 1.33. The molecule has 0 fully saturated rings. The lowest BCUT2D eigenvalue weighted by molar-refractivity contribution is -0.385. The number of ketones is 1. The van der Waals surface area contributed by atoms with E-state index in [1.807, 2.05) is 0 Å². The predicted octanol–water partition coefficient (Wildman–Crippen LogP) is 6.00. The summed E-state index contributed by atoms with van der Waals surface area (Å²) < 4.78 is 10.5. The third-order valence-electron chi connectivity index (χ3n) is 6.15. The van der Waals surface area contributed by atoms with Gasteiger partial charge in [0, 0.05) is 27.8 Å². The van der Waals surface area contributed by atoms with Gasteiger partial charge in [0.15, 0.2) is 17.3 Å². The first-order valence-electron chi connectivity index (χ1n) is 12.9. The number of rotatable bonds is 12. The quantitative estimate of drug-likeness (QED) is 0.0667. The van der Waals surface area contributed by atoms with Crippen molar-refractivity contribution in [2.75, 3.05) is 25.3 Å². The minimum absolute atomic E-state index is 0.0951. The van der Waals surface area contributed by atoms with Gasteiger partial charge in [-0.1, -0.05) is 30.3 Å². The van der Waals surface area contributed by atoms with Crippen LogP contribution in [0.5, 0.6) is 11.5 Å². The summed E-state index contributed by atoms with van der Waals surface area (Å²) in [7, 11) is 3.02. The number of nitro benzene ring substituents is 1. The number of anilines is 1. The van der Waals surface area contributed by atoms with Gasteiger partial charge in [0.2, 0.25) is 0 Å². The number of methoxy groups -OCH3 is 2. The molecule has 0 atom stereocenters. The molecular formula is C32H27N3O7S. The highest BCUT2D eigenvalue weighted by molar-refractivity contribution is 8.00. The number of amides is 2. The number of thioether (sulfide) groups is 1.